The molecule has 0 atom stereocenters. The molecule has 2 aromatic rings. The van der Waals surface area contributed by atoms with Crippen LogP contribution in [0.3, 0.4) is 0 Å². The molecule has 2 nitrogen and oxygen atoms in total. The third-order valence-electron chi connectivity index (χ3n) is 2.13. The predicted octanol–water partition coefficient (Wildman–Crippen LogP) is 4.68. The number of anilines is 3. The van der Waals surface area contributed by atoms with Crippen LogP contribution in [0.5, 0.6) is 0 Å². The van der Waals surface area contributed by atoms with Gasteiger partial charge in [-0.25, -0.2) is 4.39 Å². The lowest BCUT2D eigenvalue weighted by Gasteiger charge is -2.10. The molecule has 0 aliphatic heterocycles. The fraction of sp³-hybridized carbons (Fsp3) is 0. The van der Waals surface area contributed by atoms with E-state index in [0.717, 1.165) is 14.6 Å². The molecule has 0 saturated carbocycles. The number of hydrogen-bond acceptors (Lipinski definition) is 2. The van der Waals surface area contributed by atoms with Crippen LogP contribution in [-0.2, 0) is 0 Å². The molecule has 0 heterocycles. The number of rotatable bonds is 2. The first-order chi connectivity index (χ1) is 8.04. The second-order valence-corrected chi connectivity index (χ2v) is 5.29. The van der Waals surface area contributed by atoms with Crippen LogP contribution in [0.2, 0.25) is 0 Å². The SMILES string of the molecule is Nc1cc(F)cc(Nc2cc(Br)ccc2Br)c1. The Morgan fingerprint density at radius 1 is 1.06 bits per heavy atom. The zero-order valence-corrected chi connectivity index (χ0v) is 11.8. The minimum absolute atomic E-state index is 0.362. The first kappa shape index (κ1) is 12.4. The number of nitrogens with two attached hydrogens (primary N) is 1. The van der Waals surface area contributed by atoms with Crippen LogP contribution in [0.25, 0.3) is 0 Å². The Balaban J connectivity index is 2.34. The van der Waals surface area contributed by atoms with Crippen LogP contribution in [0.1, 0.15) is 0 Å². The largest absolute Gasteiger partial charge is 0.399 e. The van der Waals surface area contributed by atoms with E-state index in [-0.39, 0.29) is 5.82 Å². The van der Waals surface area contributed by atoms with Gasteiger partial charge in [-0.15, -0.1) is 0 Å². The van der Waals surface area contributed by atoms with Crippen molar-refractivity contribution in [3.8, 4) is 0 Å². The Morgan fingerprint density at radius 3 is 2.53 bits per heavy atom. The first-order valence-corrected chi connectivity index (χ1v) is 6.41. The summed E-state index contributed by atoms with van der Waals surface area (Å²) >= 11 is 6.80. The number of hydrogen-bond donors (Lipinski definition) is 2. The molecule has 0 unspecified atom stereocenters. The standard InChI is InChI=1S/C12H9Br2FN2/c13-7-1-2-11(14)12(3-7)17-10-5-8(15)4-9(16)6-10/h1-6,17H,16H2. The van der Waals surface area contributed by atoms with Gasteiger partial charge in [0.15, 0.2) is 0 Å². The molecule has 17 heavy (non-hydrogen) atoms. The van der Waals surface area contributed by atoms with Gasteiger partial charge in [0.2, 0.25) is 0 Å². The fourth-order valence-corrected chi connectivity index (χ4v) is 2.14. The van der Waals surface area contributed by atoms with Crippen molar-refractivity contribution in [1.82, 2.24) is 0 Å². The van der Waals surface area contributed by atoms with Gasteiger partial charge in [-0.1, -0.05) is 15.9 Å². The summed E-state index contributed by atoms with van der Waals surface area (Å²) < 4.78 is 15.0. The highest BCUT2D eigenvalue weighted by Gasteiger charge is 2.03. The molecule has 0 spiro atoms. The van der Waals surface area contributed by atoms with E-state index in [9.17, 15) is 4.39 Å². The Morgan fingerprint density at radius 2 is 1.82 bits per heavy atom. The maximum absolute atomic E-state index is 13.2. The highest BCUT2D eigenvalue weighted by atomic mass is 79.9. The number of nitrogen functional groups attached to an aromatic ring is 1. The number of benzene rings is 2. The molecule has 0 radical (unpaired) electrons. The van der Waals surface area contributed by atoms with Crippen molar-refractivity contribution in [2.24, 2.45) is 0 Å². The molecule has 3 N–H and O–H groups in total. The Labute approximate surface area is 115 Å². The molecule has 5 heteroatoms. The molecule has 88 valence electrons. The number of halogens is 3. The maximum atomic E-state index is 13.2. The van der Waals surface area contributed by atoms with Crippen LogP contribution >= 0.6 is 31.9 Å². The summed E-state index contributed by atoms with van der Waals surface area (Å²) in [7, 11) is 0. The number of nitrogens with one attached hydrogen (secondary N) is 1. The van der Waals surface area contributed by atoms with Gasteiger partial charge in [0.1, 0.15) is 5.82 Å². The molecule has 0 aliphatic carbocycles. The molecule has 2 aromatic carbocycles. The summed E-state index contributed by atoms with van der Waals surface area (Å²) in [6.07, 6.45) is 0. The minimum atomic E-state index is -0.362. The first-order valence-electron chi connectivity index (χ1n) is 4.83. The average Bonchev–Trinajstić information content (AvgIpc) is 2.22. The summed E-state index contributed by atoms with van der Waals surface area (Å²) in [5, 5.41) is 3.10. The summed E-state index contributed by atoms with van der Waals surface area (Å²) in [5.74, 6) is -0.362. The summed E-state index contributed by atoms with van der Waals surface area (Å²) in [6.45, 7) is 0. The van der Waals surface area contributed by atoms with Gasteiger partial charge in [-0.05, 0) is 52.3 Å². The van der Waals surface area contributed by atoms with Crippen LogP contribution in [0.15, 0.2) is 45.3 Å². The van der Waals surface area contributed by atoms with Crippen molar-refractivity contribution in [2.75, 3.05) is 11.1 Å². The predicted molar refractivity (Wildman–Crippen MR) is 75.9 cm³/mol. The van der Waals surface area contributed by atoms with Gasteiger partial charge >= 0.3 is 0 Å². The minimum Gasteiger partial charge on any atom is -0.399 e. The van der Waals surface area contributed by atoms with Gasteiger partial charge in [0, 0.05) is 20.3 Å². The van der Waals surface area contributed by atoms with Gasteiger partial charge < -0.3 is 11.1 Å². The molecule has 0 amide bonds. The Kier molecular flexibility index (Phi) is 3.69. The molecule has 0 fully saturated rings. The van der Waals surface area contributed by atoms with E-state index in [4.69, 9.17) is 5.73 Å². The van der Waals surface area contributed by atoms with Crippen molar-refractivity contribution in [1.29, 1.82) is 0 Å². The molecule has 2 rings (SSSR count). The van der Waals surface area contributed by atoms with Crippen LogP contribution in [0, 0.1) is 5.82 Å². The van der Waals surface area contributed by atoms with Gasteiger partial charge in [0.05, 0.1) is 5.69 Å². The zero-order valence-electron chi connectivity index (χ0n) is 8.68. The van der Waals surface area contributed by atoms with Crippen LogP contribution in [0.4, 0.5) is 21.5 Å². The van der Waals surface area contributed by atoms with E-state index < -0.39 is 0 Å². The average molecular weight is 360 g/mol. The topological polar surface area (TPSA) is 38.0 Å². The third kappa shape index (κ3) is 3.20. The summed E-state index contributed by atoms with van der Waals surface area (Å²) in [4.78, 5) is 0. The Bertz CT molecular complexity index is 538. The summed E-state index contributed by atoms with van der Waals surface area (Å²) in [5.41, 5.74) is 7.42. The van der Waals surface area contributed by atoms with E-state index in [1.807, 2.05) is 18.2 Å². The van der Waals surface area contributed by atoms with Crippen molar-refractivity contribution >= 4 is 48.9 Å². The van der Waals surface area contributed by atoms with Crippen LogP contribution < -0.4 is 11.1 Å². The molecule has 0 saturated heterocycles. The van der Waals surface area contributed by atoms with Gasteiger partial charge in [0.25, 0.3) is 0 Å². The third-order valence-corrected chi connectivity index (χ3v) is 3.31. The van der Waals surface area contributed by atoms with Crippen molar-refractivity contribution in [2.45, 2.75) is 0 Å². The molecule has 0 aromatic heterocycles. The summed E-state index contributed by atoms with van der Waals surface area (Å²) in [6, 6.07) is 10.1. The van der Waals surface area contributed by atoms with Crippen molar-refractivity contribution in [3.05, 3.63) is 51.2 Å². The highest BCUT2D eigenvalue weighted by Crippen LogP contribution is 2.29. The normalized spacial score (nSPS) is 10.3. The van der Waals surface area contributed by atoms with E-state index in [2.05, 4.69) is 37.2 Å². The molecule has 0 bridgehead atoms. The lowest BCUT2D eigenvalue weighted by Crippen LogP contribution is -1.94. The van der Waals surface area contributed by atoms with Crippen LogP contribution in [-0.4, -0.2) is 0 Å². The van der Waals surface area contributed by atoms with E-state index in [0.29, 0.717) is 11.4 Å². The van der Waals surface area contributed by atoms with E-state index in [1.165, 1.54) is 12.1 Å². The quantitative estimate of drug-likeness (QED) is 0.764. The van der Waals surface area contributed by atoms with Crippen molar-refractivity contribution < 1.29 is 4.39 Å². The maximum Gasteiger partial charge on any atom is 0.127 e. The zero-order chi connectivity index (χ0) is 12.4. The Hall–Kier alpha value is -1.07. The van der Waals surface area contributed by atoms with Crippen molar-refractivity contribution in [3.63, 3.8) is 0 Å². The van der Waals surface area contributed by atoms with E-state index in [1.54, 1.807) is 6.07 Å². The van der Waals surface area contributed by atoms with Gasteiger partial charge in [-0.2, -0.15) is 0 Å². The second-order valence-electron chi connectivity index (χ2n) is 3.52. The lowest BCUT2D eigenvalue weighted by atomic mass is 10.2. The second kappa shape index (κ2) is 5.06. The molecule has 0 aliphatic rings. The fourth-order valence-electron chi connectivity index (χ4n) is 1.43. The smallest absolute Gasteiger partial charge is 0.127 e. The highest BCUT2D eigenvalue weighted by molar-refractivity contribution is 9.11. The lowest BCUT2D eigenvalue weighted by molar-refractivity contribution is 0.629. The van der Waals surface area contributed by atoms with Gasteiger partial charge in [-0.3, -0.25) is 0 Å². The monoisotopic (exact) mass is 358 g/mol. The molecular formula is C12H9Br2FN2. The van der Waals surface area contributed by atoms with E-state index >= 15 is 0 Å². The molecular weight excluding hydrogens is 351 g/mol.